The molecule has 0 aliphatic carbocycles. The molecule has 0 saturated carbocycles. The predicted molar refractivity (Wildman–Crippen MR) is 28.0 cm³/mol. The molecule has 0 N–H and O–H groups in total. The van der Waals surface area contributed by atoms with E-state index < -0.39 is 0 Å². The molecule has 0 fully saturated rings. The minimum atomic E-state index is 0.949. The Balaban J connectivity index is 2.79. The maximum atomic E-state index is 3.96. The lowest BCUT2D eigenvalue weighted by Crippen LogP contribution is -1.97. The molecule has 0 bridgehead atoms. The SMILES string of the molecule is C=COOOOOOOC=C. The molecular formula is C4H6O7. The highest BCUT2D eigenvalue weighted by Crippen LogP contribution is 1.87. The quantitative estimate of drug-likeness (QED) is 0.229. The molecule has 11 heavy (non-hydrogen) atoms. The van der Waals surface area contributed by atoms with Gasteiger partial charge in [-0.05, 0) is 0 Å². The van der Waals surface area contributed by atoms with Gasteiger partial charge < -0.3 is 9.78 Å². The second kappa shape index (κ2) is 8.88. The van der Waals surface area contributed by atoms with Crippen LogP contribution in [-0.2, 0) is 35.0 Å². The summed E-state index contributed by atoms with van der Waals surface area (Å²) in [4.78, 5) is 7.92. The van der Waals surface area contributed by atoms with Gasteiger partial charge >= 0.3 is 0 Å². The van der Waals surface area contributed by atoms with Crippen molar-refractivity contribution < 1.29 is 35.0 Å². The highest BCUT2D eigenvalue weighted by molar-refractivity contribution is 4.41. The van der Waals surface area contributed by atoms with Crippen LogP contribution in [0.1, 0.15) is 0 Å². The summed E-state index contributed by atoms with van der Waals surface area (Å²) in [5.74, 6) is 0. The Hall–Kier alpha value is -1.12. The van der Waals surface area contributed by atoms with Gasteiger partial charge in [0, 0.05) is 25.2 Å². The molecule has 0 aromatic rings. The van der Waals surface area contributed by atoms with Gasteiger partial charge in [0.25, 0.3) is 0 Å². The summed E-state index contributed by atoms with van der Waals surface area (Å²) in [6, 6.07) is 0. The Morgan fingerprint density at radius 1 is 0.636 bits per heavy atom. The van der Waals surface area contributed by atoms with Crippen molar-refractivity contribution in [2.75, 3.05) is 0 Å². The van der Waals surface area contributed by atoms with Crippen molar-refractivity contribution in [1.29, 1.82) is 0 Å². The van der Waals surface area contributed by atoms with E-state index >= 15 is 0 Å². The zero-order chi connectivity index (χ0) is 8.36. The van der Waals surface area contributed by atoms with E-state index in [9.17, 15) is 0 Å². The smallest absolute Gasteiger partial charge is 0.125 e. The summed E-state index contributed by atoms with van der Waals surface area (Å²) in [7, 11) is 0. The van der Waals surface area contributed by atoms with Crippen molar-refractivity contribution >= 4 is 0 Å². The third kappa shape index (κ3) is 8.88. The van der Waals surface area contributed by atoms with Gasteiger partial charge in [0.2, 0.25) is 0 Å². The summed E-state index contributed by atoms with van der Waals surface area (Å²) in [5.41, 5.74) is 0. The Kier molecular flexibility index (Phi) is 7.98. The molecule has 0 rings (SSSR count). The second-order valence-corrected chi connectivity index (χ2v) is 0.866. The molecule has 7 heteroatoms. The van der Waals surface area contributed by atoms with Crippen LogP contribution in [0.4, 0.5) is 0 Å². The van der Waals surface area contributed by atoms with Gasteiger partial charge in [0.05, 0.1) is 0 Å². The van der Waals surface area contributed by atoms with E-state index in [4.69, 9.17) is 0 Å². The molecule has 0 amide bonds. The van der Waals surface area contributed by atoms with Gasteiger partial charge in [0.1, 0.15) is 12.5 Å². The Morgan fingerprint density at radius 2 is 1.00 bits per heavy atom. The summed E-state index contributed by atoms with van der Waals surface area (Å²) in [6.45, 7) is 6.23. The highest BCUT2D eigenvalue weighted by Gasteiger charge is 1.89. The van der Waals surface area contributed by atoms with Crippen molar-refractivity contribution in [2.45, 2.75) is 0 Å². The molecule has 0 saturated heterocycles. The normalized spacial score (nSPS) is 8.73. The number of hydrogen-bond donors (Lipinski definition) is 0. The summed E-state index contributed by atoms with van der Waals surface area (Å²) < 4.78 is 0. The summed E-state index contributed by atoms with van der Waals surface area (Å²) >= 11 is 0. The average Bonchev–Trinajstić information content (AvgIpc) is 2.03. The fourth-order valence-electron chi connectivity index (χ4n) is 0.122. The van der Waals surface area contributed by atoms with E-state index in [1.54, 1.807) is 0 Å². The lowest BCUT2D eigenvalue weighted by molar-refractivity contribution is -0.782. The fourth-order valence-corrected chi connectivity index (χ4v) is 0.122. The van der Waals surface area contributed by atoms with E-state index in [0.717, 1.165) is 12.5 Å². The van der Waals surface area contributed by atoms with Crippen LogP contribution in [0, 0.1) is 0 Å². The standard InChI is InChI=1S/C4H6O7/c1-3-5-7-9-11-10-8-6-4-2/h3-4H,1-2H2. The van der Waals surface area contributed by atoms with Gasteiger partial charge in [-0.25, -0.2) is 0 Å². The predicted octanol–water partition coefficient (Wildman–Crippen LogP) is 0.880. The van der Waals surface area contributed by atoms with Crippen molar-refractivity contribution in [1.82, 2.24) is 0 Å². The molecule has 0 aromatic carbocycles. The first-order valence-corrected chi connectivity index (χ1v) is 2.29. The molecule has 0 aliphatic rings. The van der Waals surface area contributed by atoms with Crippen molar-refractivity contribution in [3.05, 3.63) is 25.7 Å². The largest absolute Gasteiger partial charge is 0.315 e. The van der Waals surface area contributed by atoms with Crippen LogP contribution in [-0.4, -0.2) is 0 Å². The van der Waals surface area contributed by atoms with Gasteiger partial charge in [-0.2, -0.15) is 0 Å². The number of rotatable bonds is 8. The Bertz CT molecular complexity index is 90.6. The fraction of sp³-hybridized carbons (Fsp3) is 0. The molecule has 0 heterocycles. The van der Waals surface area contributed by atoms with Crippen LogP contribution in [0.25, 0.3) is 0 Å². The van der Waals surface area contributed by atoms with E-state index in [1.165, 1.54) is 0 Å². The van der Waals surface area contributed by atoms with Crippen molar-refractivity contribution in [3.63, 3.8) is 0 Å². The molecular weight excluding hydrogens is 160 g/mol. The van der Waals surface area contributed by atoms with Crippen LogP contribution in [0.15, 0.2) is 25.7 Å². The monoisotopic (exact) mass is 166 g/mol. The van der Waals surface area contributed by atoms with Crippen LogP contribution >= 0.6 is 0 Å². The molecule has 0 atom stereocenters. The Morgan fingerprint density at radius 3 is 1.36 bits per heavy atom. The van der Waals surface area contributed by atoms with Gasteiger partial charge in [-0.3, -0.25) is 0 Å². The maximum absolute atomic E-state index is 3.96. The van der Waals surface area contributed by atoms with E-state index in [-0.39, 0.29) is 0 Å². The molecule has 0 spiro atoms. The topological polar surface area (TPSA) is 64.6 Å². The lowest BCUT2D eigenvalue weighted by atomic mass is 11.2. The van der Waals surface area contributed by atoms with Gasteiger partial charge in [-0.1, -0.05) is 13.2 Å². The van der Waals surface area contributed by atoms with Crippen LogP contribution in [0.3, 0.4) is 0 Å². The lowest BCUT2D eigenvalue weighted by Gasteiger charge is -1.96. The minimum Gasteiger partial charge on any atom is -0.315 e. The first-order chi connectivity index (χ1) is 5.41. The zero-order valence-corrected chi connectivity index (χ0v) is 5.43. The first kappa shape index (κ1) is 9.88. The van der Waals surface area contributed by atoms with E-state index in [2.05, 4.69) is 48.1 Å². The highest BCUT2D eigenvalue weighted by atomic mass is 17.9. The zero-order valence-electron chi connectivity index (χ0n) is 5.43. The second-order valence-electron chi connectivity index (χ2n) is 0.866. The molecule has 0 aliphatic heterocycles. The molecule has 0 unspecified atom stereocenters. The molecule has 0 radical (unpaired) electrons. The molecule has 64 valence electrons. The molecule has 0 aromatic heterocycles. The van der Waals surface area contributed by atoms with Crippen molar-refractivity contribution in [3.8, 4) is 0 Å². The van der Waals surface area contributed by atoms with E-state index in [0.29, 0.717) is 0 Å². The van der Waals surface area contributed by atoms with Crippen LogP contribution in [0.2, 0.25) is 0 Å². The Labute approximate surface area is 61.8 Å². The first-order valence-electron chi connectivity index (χ1n) is 2.29. The summed E-state index contributed by atoms with van der Waals surface area (Å²) in [5, 5.41) is 18.5. The number of hydrogen-bond acceptors (Lipinski definition) is 7. The average molecular weight is 166 g/mol. The van der Waals surface area contributed by atoms with E-state index in [1.807, 2.05) is 0 Å². The van der Waals surface area contributed by atoms with Gasteiger partial charge in [-0.15, -0.1) is 0 Å². The minimum absolute atomic E-state index is 0.949. The third-order valence-corrected chi connectivity index (χ3v) is 0.326. The third-order valence-electron chi connectivity index (χ3n) is 0.326. The molecule has 7 nitrogen and oxygen atoms in total. The van der Waals surface area contributed by atoms with Crippen LogP contribution in [0.5, 0.6) is 0 Å². The summed E-state index contributed by atoms with van der Waals surface area (Å²) in [6.07, 6.45) is 1.90. The van der Waals surface area contributed by atoms with Gasteiger partial charge in [0.15, 0.2) is 0 Å². The van der Waals surface area contributed by atoms with Crippen molar-refractivity contribution in [2.24, 2.45) is 0 Å². The van der Waals surface area contributed by atoms with Crippen LogP contribution < -0.4 is 0 Å². The maximum Gasteiger partial charge on any atom is 0.125 e.